The van der Waals surface area contributed by atoms with Crippen molar-refractivity contribution < 1.29 is 19.2 Å². The lowest BCUT2D eigenvalue weighted by atomic mass is 10.2. The van der Waals surface area contributed by atoms with Gasteiger partial charge in [-0.2, -0.15) is 0 Å². The van der Waals surface area contributed by atoms with Crippen molar-refractivity contribution in [2.24, 2.45) is 0 Å². The molecule has 0 aliphatic rings. The van der Waals surface area contributed by atoms with Crippen molar-refractivity contribution in [3.8, 4) is 0 Å². The largest absolute Gasteiger partial charge is 0.465 e. The van der Waals surface area contributed by atoms with Gasteiger partial charge in [0.25, 0.3) is 11.6 Å². The second-order valence-corrected chi connectivity index (χ2v) is 4.95. The Balaban J connectivity index is 2.02. The van der Waals surface area contributed by atoms with Gasteiger partial charge in [-0.05, 0) is 23.6 Å². The van der Waals surface area contributed by atoms with E-state index in [2.05, 4.69) is 15.6 Å². The van der Waals surface area contributed by atoms with Crippen LogP contribution in [0.2, 0.25) is 0 Å². The van der Waals surface area contributed by atoms with Crippen LogP contribution in [0.5, 0.6) is 0 Å². The van der Waals surface area contributed by atoms with E-state index >= 15 is 0 Å². The molecule has 8 nitrogen and oxygen atoms in total. The third-order valence-corrected chi connectivity index (χ3v) is 3.58. The lowest BCUT2D eigenvalue weighted by Gasteiger charge is -2.08. The Hall–Kier alpha value is -2.94. The number of esters is 1. The molecule has 1 amide bonds. The van der Waals surface area contributed by atoms with Crippen LogP contribution in [0, 0.1) is 10.1 Å². The molecule has 1 aromatic heterocycles. The molecule has 0 saturated carbocycles. The van der Waals surface area contributed by atoms with Gasteiger partial charge in [0.05, 0.1) is 17.7 Å². The van der Waals surface area contributed by atoms with E-state index in [1.165, 1.54) is 42.7 Å². The first-order chi connectivity index (χ1) is 10.5. The Morgan fingerprint density at radius 3 is 2.50 bits per heavy atom. The molecule has 0 fully saturated rings. The fraction of sp³-hybridized carbons (Fsp3) is 0.0769. The topological polar surface area (TPSA) is 111 Å². The number of hydrogen-bond donors (Lipinski definition) is 2. The minimum atomic E-state index is -0.548. The van der Waals surface area contributed by atoms with Crippen molar-refractivity contribution >= 4 is 34.6 Å². The van der Waals surface area contributed by atoms with Crippen LogP contribution in [0.3, 0.4) is 0 Å². The number of ether oxygens (including phenoxy) is 1. The smallest absolute Gasteiger partial charge is 0.350 e. The first-order valence-electron chi connectivity index (χ1n) is 5.99. The van der Waals surface area contributed by atoms with Crippen LogP contribution in [0.4, 0.5) is 11.4 Å². The minimum Gasteiger partial charge on any atom is -0.465 e. The Morgan fingerprint density at radius 1 is 1.23 bits per heavy atom. The second-order valence-electron chi connectivity index (χ2n) is 4.04. The molecule has 0 radical (unpaired) electrons. The third kappa shape index (κ3) is 3.38. The SMILES string of the molecule is COC(=O)c1sccc1NNC(=O)c1ccc([N+](=O)[O-])cc1. The summed E-state index contributed by atoms with van der Waals surface area (Å²) in [5.41, 5.74) is 5.58. The number of non-ortho nitro benzene ring substituents is 1. The Kier molecular flexibility index (Phi) is 4.69. The van der Waals surface area contributed by atoms with E-state index in [9.17, 15) is 19.7 Å². The van der Waals surface area contributed by atoms with Gasteiger partial charge >= 0.3 is 5.97 Å². The standard InChI is InChI=1S/C13H11N3O5S/c1-21-13(18)11-10(6-7-22-11)14-15-12(17)8-2-4-9(5-3-8)16(19)20/h2-7,14H,1H3,(H,15,17). The molecular formula is C13H11N3O5S. The molecule has 9 heteroatoms. The van der Waals surface area contributed by atoms with Gasteiger partial charge in [0.15, 0.2) is 0 Å². The first kappa shape index (κ1) is 15.4. The summed E-state index contributed by atoms with van der Waals surface area (Å²) in [6.07, 6.45) is 0. The summed E-state index contributed by atoms with van der Waals surface area (Å²) in [6, 6.07) is 6.76. The van der Waals surface area contributed by atoms with E-state index < -0.39 is 16.8 Å². The zero-order valence-electron chi connectivity index (χ0n) is 11.4. The Labute approximate surface area is 128 Å². The highest BCUT2D eigenvalue weighted by atomic mass is 32.1. The van der Waals surface area contributed by atoms with E-state index in [0.717, 1.165) is 0 Å². The van der Waals surface area contributed by atoms with E-state index in [0.29, 0.717) is 10.6 Å². The molecule has 0 spiro atoms. The number of benzene rings is 1. The van der Waals surface area contributed by atoms with Crippen molar-refractivity contribution in [1.82, 2.24) is 5.43 Å². The maximum atomic E-state index is 11.9. The molecule has 114 valence electrons. The Morgan fingerprint density at radius 2 is 1.91 bits per heavy atom. The molecule has 1 aromatic carbocycles. The number of hydrogen-bond acceptors (Lipinski definition) is 7. The number of thiophene rings is 1. The van der Waals surface area contributed by atoms with Gasteiger partial charge in [0, 0.05) is 17.7 Å². The number of nitro groups is 1. The third-order valence-electron chi connectivity index (χ3n) is 2.69. The number of anilines is 1. The monoisotopic (exact) mass is 321 g/mol. The lowest BCUT2D eigenvalue weighted by molar-refractivity contribution is -0.384. The van der Waals surface area contributed by atoms with Gasteiger partial charge in [-0.25, -0.2) is 4.79 Å². The van der Waals surface area contributed by atoms with Crippen LogP contribution in [0.25, 0.3) is 0 Å². The molecule has 0 unspecified atom stereocenters. The van der Waals surface area contributed by atoms with Crippen molar-refractivity contribution in [3.05, 3.63) is 56.3 Å². The summed E-state index contributed by atoms with van der Waals surface area (Å²) < 4.78 is 4.62. The molecule has 0 bridgehead atoms. The summed E-state index contributed by atoms with van der Waals surface area (Å²) in [6.45, 7) is 0. The number of rotatable bonds is 5. The number of nitrogens with zero attached hydrogens (tertiary/aromatic N) is 1. The van der Waals surface area contributed by atoms with Gasteiger partial charge in [-0.1, -0.05) is 0 Å². The maximum Gasteiger partial charge on any atom is 0.350 e. The van der Waals surface area contributed by atoms with Crippen LogP contribution in [-0.2, 0) is 4.74 Å². The van der Waals surface area contributed by atoms with Gasteiger partial charge in [-0.3, -0.25) is 25.8 Å². The number of nitrogens with one attached hydrogen (secondary N) is 2. The zero-order valence-corrected chi connectivity index (χ0v) is 12.2. The van der Waals surface area contributed by atoms with Crippen LogP contribution in [-0.4, -0.2) is 23.9 Å². The molecule has 2 N–H and O–H groups in total. The first-order valence-corrected chi connectivity index (χ1v) is 6.87. The fourth-order valence-corrected chi connectivity index (χ4v) is 2.36. The molecule has 2 rings (SSSR count). The van der Waals surface area contributed by atoms with E-state index in [1.54, 1.807) is 11.4 Å². The number of carbonyl (C=O) groups excluding carboxylic acids is 2. The molecule has 0 aliphatic carbocycles. The van der Waals surface area contributed by atoms with Crippen LogP contribution in [0.1, 0.15) is 20.0 Å². The molecule has 2 aromatic rings. The molecule has 0 saturated heterocycles. The number of hydrazine groups is 1. The second kappa shape index (κ2) is 6.68. The highest BCUT2D eigenvalue weighted by molar-refractivity contribution is 7.12. The number of methoxy groups -OCH3 is 1. The van der Waals surface area contributed by atoms with E-state index in [4.69, 9.17) is 0 Å². The van der Waals surface area contributed by atoms with Gasteiger partial charge in [0.1, 0.15) is 4.88 Å². The summed E-state index contributed by atoms with van der Waals surface area (Å²) in [5, 5.41) is 12.2. The number of amides is 1. The van der Waals surface area contributed by atoms with Crippen LogP contribution >= 0.6 is 11.3 Å². The summed E-state index contributed by atoms with van der Waals surface area (Å²) in [7, 11) is 1.27. The Bertz CT molecular complexity index is 711. The predicted molar refractivity (Wildman–Crippen MR) is 79.8 cm³/mol. The molecule has 22 heavy (non-hydrogen) atoms. The van der Waals surface area contributed by atoms with Crippen molar-refractivity contribution in [3.63, 3.8) is 0 Å². The molecule has 0 atom stereocenters. The summed E-state index contributed by atoms with van der Waals surface area (Å²) >= 11 is 1.17. The van der Waals surface area contributed by atoms with Crippen molar-refractivity contribution in [2.45, 2.75) is 0 Å². The average Bonchev–Trinajstić information content (AvgIpc) is 3.00. The normalized spacial score (nSPS) is 9.86. The number of carbonyl (C=O) groups is 2. The van der Waals surface area contributed by atoms with Crippen LogP contribution < -0.4 is 10.9 Å². The van der Waals surface area contributed by atoms with Gasteiger partial charge in [-0.15, -0.1) is 11.3 Å². The fourth-order valence-electron chi connectivity index (χ4n) is 1.59. The molecule has 0 aliphatic heterocycles. The highest BCUT2D eigenvalue weighted by Crippen LogP contribution is 2.22. The lowest BCUT2D eigenvalue weighted by Crippen LogP contribution is -2.29. The van der Waals surface area contributed by atoms with Crippen molar-refractivity contribution in [2.75, 3.05) is 12.5 Å². The van der Waals surface area contributed by atoms with Gasteiger partial charge in [0.2, 0.25) is 0 Å². The van der Waals surface area contributed by atoms with Crippen LogP contribution in [0.15, 0.2) is 35.7 Å². The average molecular weight is 321 g/mol. The van der Waals surface area contributed by atoms with E-state index in [1.807, 2.05) is 0 Å². The van der Waals surface area contributed by atoms with E-state index in [-0.39, 0.29) is 11.3 Å². The van der Waals surface area contributed by atoms with Gasteiger partial charge < -0.3 is 4.74 Å². The quantitative estimate of drug-likeness (QED) is 0.496. The predicted octanol–water partition coefficient (Wildman–Crippen LogP) is 2.20. The highest BCUT2D eigenvalue weighted by Gasteiger charge is 2.14. The number of nitro benzene ring substituents is 1. The molecule has 1 heterocycles. The summed E-state index contributed by atoms with van der Waals surface area (Å²) in [5.74, 6) is -1.00. The van der Waals surface area contributed by atoms with Crippen molar-refractivity contribution in [1.29, 1.82) is 0 Å². The minimum absolute atomic E-state index is 0.102. The zero-order chi connectivity index (χ0) is 16.1. The molecular weight excluding hydrogens is 310 g/mol. The summed E-state index contributed by atoms with van der Waals surface area (Å²) in [4.78, 5) is 33.7. The maximum absolute atomic E-state index is 11.9.